The number of nitrogens with two attached hydrogens (primary N) is 1. The molecular weight excluding hydrogens is 214 g/mol. The number of hydrogen-bond acceptors (Lipinski definition) is 4. The Bertz CT molecular complexity index is 221. The van der Waals surface area contributed by atoms with Crippen molar-refractivity contribution in [3.05, 3.63) is 0 Å². The highest BCUT2D eigenvalue weighted by atomic mass is 15.3. The highest BCUT2D eigenvalue weighted by molar-refractivity contribution is 5.76. The molecule has 0 radical (unpaired) electrons. The molecule has 0 aromatic heterocycles. The minimum Gasteiger partial charge on any atom is -0.388 e. The lowest BCUT2D eigenvalue weighted by atomic mass is 10.2. The Kier molecular flexibility index (Phi) is 6.47. The molecule has 0 aromatic rings. The van der Waals surface area contributed by atoms with E-state index < -0.39 is 0 Å². The van der Waals surface area contributed by atoms with E-state index in [1.165, 1.54) is 19.6 Å². The number of nitrogens with zero attached hydrogens (tertiary/aromatic N) is 3. The largest absolute Gasteiger partial charge is 0.388 e. The Labute approximate surface area is 105 Å². The number of piperazine rings is 1. The summed E-state index contributed by atoms with van der Waals surface area (Å²) in [6.07, 6.45) is 1.76. The van der Waals surface area contributed by atoms with Crippen molar-refractivity contribution < 1.29 is 0 Å². The molecule has 0 saturated carbocycles. The van der Waals surface area contributed by atoms with Crippen molar-refractivity contribution in [3.63, 3.8) is 0 Å². The Hall–Kier alpha value is -0.650. The number of rotatable bonds is 7. The number of nitrogens with one attached hydrogen (secondary N) is 1. The Balaban J connectivity index is 2.07. The molecule has 0 amide bonds. The number of amidine groups is 1. The van der Waals surface area contributed by atoms with Gasteiger partial charge >= 0.3 is 0 Å². The second-order valence-electron chi connectivity index (χ2n) is 5.12. The molecule has 0 atom stereocenters. The van der Waals surface area contributed by atoms with Crippen LogP contribution in [0.4, 0.5) is 0 Å². The van der Waals surface area contributed by atoms with Crippen molar-refractivity contribution in [2.75, 3.05) is 59.9 Å². The van der Waals surface area contributed by atoms with Gasteiger partial charge in [0.2, 0.25) is 0 Å². The summed E-state index contributed by atoms with van der Waals surface area (Å²) in [4.78, 5) is 7.25. The molecule has 1 rings (SSSR count). The van der Waals surface area contributed by atoms with Crippen LogP contribution in [0.3, 0.4) is 0 Å². The first-order valence-corrected chi connectivity index (χ1v) is 6.50. The van der Waals surface area contributed by atoms with Crippen LogP contribution in [0.25, 0.3) is 0 Å². The molecular formula is C12H27N5. The average Bonchev–Trinajstić information content (AvgIpc) is 2.27. The Morgan fingerprint density at radius 1 is 1.12 bits per heavy atom. The van der Waals surface area contributed by atoms with Crippen LogP contribution in [0.2, 0.25) is 0 Å². The normalized spacial score (nSPS) is 18.8. The second kappa shape index (κ2) is 7.63. The van der Waals surface area contributed by atoms with E-state index in [0.717, 1.165) is 39.0 Å². The van der Waals surface area contributed by atoms with E-state index in [9.17, 15) is 0 Å². The van der Waals surface area contributed by atoms with Gasteiger partial charge in [-0.05, 0) is 27.1 Å². The molecule has 1 aliphatic rings. The number of likely N-dealkylation sites (N-methyl/N-ethyl adjacent to an activating group) is 1. The maximum Gasteiger partial charge on any atom is 0.0905 e. The van der Waals surface area contributed by atoms with E-state index in [1.54, 1.807) is 0 Å². The van der Waals surface area contributed by atoms with E-state index >= 15 is 0 Å². The van der Waals surface area contributed by atoms with Crippen LogP contribution in [0, 0.1) is 5.41 Å². The molecule has 17 heavy (non-hydrogen) atoms. The predicted molar refractivity (Wildman–Crippen MR) is 72.6 cm³/mol. The van der Waals surface area contributed by atoms with E-state index in [-0.39, 0.29) is 0 Å². The van der Waals surface area contributed by atoms with Gasteiger partial charge < -0.3 is 15.5 Å². The first-order chi connectivity index (χ1) is 8.08. The van der Waals surface area contributed by atoms with E-state index in [4.69, 9.17) is 11.1 Å². The summed E-state index contributed by atoms with van der Waals surface area (Å²) in [7, 11) is 4.25. The standard InChI is InChI=1S/C12H27N5/c1-15(2)6-7-17-10-8-16(9-11-17)5-3-4-12(13)14/h3-11H2,1-2H3,(H3,13,14). The molecule has 0 spiro atoms. The molecule has 5 heteroatoms. The highest BCUT2D eigenvalue weighted by Gasteiger charge is 2.15. The first-order valence-electron chi connectivity index (χ1n) is 6.50. The summed E-state index contributed by atoms with van der Waals surface area (Å²) in [5, 5.41) is 7.18. The molecule has 3 N–H and O–H groups in total. The molecule has 0 aliphatic carbocycles. The smallest absolute Gasteiger partial charge is 0.0905 e. The zero-order chi connectivity index (χ0) is 12.7. The van der Waals surface area contributed by atoms with Crippen LogP contribution in [0.5, 0.6) is 0 Å². The van der Waals surface area contributed by atoms with Crippen molar-refractivity contribution in [1.82, 2.24) is 14.7 Å². The predicted octanol–water partition coefficient (Wildman–Crippen LogP) is -0.118. The molecule has 5 nitrogen and oxygen atoms in total. The van der Waals surface area contributed by atoms with Crippen molar-refractivity contribution in [1.29, 1.82) is 5.41 Å². The van der Waals surface area contributed by atoms with Crippen LogP contribution in [-0.2, 0) is 0 Å². The van der Waals surface area contributed by atoms with E-state index in [0.29, 0.717) is 5.84 Å². The zero-order valence-corrected chi connectivity index (χ0v) is 11.3. The first kappa shape index (κ1) is 14.4. The van der Waals surface area contributed by atoms with Gasteiger partial charge in [0.25, 0.3) is 0 Å². The van der Waals surface area contributed by atoms with Crippen LogP contribution in [-0.4, -0.2) is 80.4 Å². The Morgan fingerprint density at radius 3 is 2.12 bits per heavy atom. The third-order valence-corrected chi connectivity index (χ3v) is 3.25. The zero-order valence-electron chi connectivity index (χ0n) is 11.3. The summed E-state index contributed by atoms with van der Waals surface area (Å²) < 4.78 is 0. The fourth-order valence-electron chi connectivity index (χ4n) is 2.07. The van der Waals surface area contributed by atoms with Crippen LogP contribution >= 0.6 is 0 Å². The van der Waals surface area contributed by atoms with E-state index in [1.807, 2.05) is 0 Å². The SMILES string of the molecule is CN(C)CCN1CCN(CCCC(=N)N)CC1. The van der Waals surface area contributed by atoms with Crippen molar-refractivity contribution in [3.8, 4) is 0 Å². The maximum absolute atomic E-state index is 7.18. The summed E-state index contributed by atoms with van der Waals surface area (Å²) >= 11 is 0. The third-order valence-electron chi connectivity index (χ3n) is 3.25. The van der Waals surface area contributed by atoms with Crippen molar-refractivity contribution in [2.45, 2.75) is 12.8 Å². The molecule has 100 valence electrons. The monoisotopic (exact) mass is 241 g/mol. The molecule has 1 aliphatic heterocycles. The maximum atomic E-state index is 7.18. The molecule has 1 fully saturated rings. The van der Waals surface area contributed by atoms with Gasteiger partial charge in [-0.1, -0.05) is 0 Å². The van der Waals surface area contributed by atoms with Gasteiger partial charge in [0.15, 0.2) is 0 Å². The summed E-state index contributed by atoms with van der Waals surface area (Å²) in [5.41, 5.74) is 5.35. The average molecular weight is 241 g/mol. The quantitative estimate of drug-likeness (QED) is 0.482. The molecule has 0 bridgehead atoms. The lowest BCUT2D eigenvalue weighted by Crippen LogP contribution is -2.48. The van der Waals surface area contributed by atoms with Gasteiger partial charge in [0, 0.05) is 45.7 Å². The molecule has 1 saturated heterocycles. The molecule has 1 heterocycles. The van der Waals surface area contributed by atoms with Crippen molar-refractivity contribution in [2.24, 2.45) is 5.73 Å². The summed E-state index contributed by atoms with van der Waals surface area (Å²) in [5.74, 6) is 0.314. The molecule has 0 unspecified atom stereocenters. The summed E-state index contributed by atoms with van der Waals surface area (Å²) in [6, 6.07) is 0. The van der Waals surface area contributed by atoms with Gasteiger partial charge in [-0.15, -0.1) is 0 Å². The minimum atomic E-state index is 0.314. The van der Waals surface area contributed by atoms with Crippen LogP contribution < -0.4 is 5.73 Å². The fourth-order valence-corrected chi connectivity index (χ4v) is 2.07. The topological polar surface area (TPSA) is 59.6 Å². The second-order valence-corrected chi connectivity index (χ2v) is 5.12. The Morgan fingerprint density at radius 2 is 1.65 bits per heavy atom. The van der Waals surface area contributed by atoms with Gasteiger partial charge in [-0.2, -0.15) is 0 Å². The molecule has 0 aromatic carbocycles. The fraction of sp³-hybridized carbons (Fsp3) is 0.917. The van der Waals surface area contributed by atoms with E-state index in [2.05, 4.69) is 28.8 Å². The van der Waals surface area contributed by atoms with Crippen LogP contribution in [0.15, 0.2) is 0 Å². The lowest BCUT2D eigenvalue weighted by molar-refractivity contribution is 0.125. The highest BCUT2D eigenvalue weighted by Crippen LogP contribution is 2.03. The summed E-state index contributed by atoms with van der Waals surface area (Å²) in [6.45, 7) is 8.07. The van der Waals surface area contributed by atoms with Gasteiger partial charge in [-0.25, -0.2) is 0 Å². The number of hydrogen-bond donors (Lipinski definition) is 2. The van der Waals surface area contributed by atoms with Gasteiger partial charge in [-0.3, -0.25) is 10.3 Å². The van der Waals surface area contributed by atoms with Gasteiger partial charge in [0.05, 0.1) is 5.84 Å². The van der Waals surface area contributed by atoms with Gasteiger partial charge in [0.1, 0.15) is 0 Å². The van der Waals surface area contributed by atoms with Crippen LogP contribution in [0.1, 0.15) is 12.8 Å². The van der Waals surface area contributed by atoms with Crippen molar-refractivity contribution >= 4 is 5.84 Å². The third kappa shape index (κ3) is 6.61. The lowest BCUT2D eigenvalue weighted by Gasteiger charge is -2.35. The minimum absolute atomic E-state index is 0.314.